The molecule has 2 aromatic rings. The zero-order valence-electron chi connectivity index (χ0n) is 16.4. The third kappa shape index (κ3) is 8.53. The third-order valence-corrected chi connectivity index (χ3v) is 5.25. The van der Waals surface area contributed by atoms with Gasteiger partial charge in [0.25, 0.3) is 0 Å². The van der Waals surface area contributed by atoms with Crippen LogP contribution < -0.4 is 15.4 Å². The molecule has 0 atom stereocenters. The van der Waals surface area contributed by atoms with Crippen molar-refractivity contribution in [2.45, 2.75) is 39.0 Å². The number of rotatable bonds is 11. The van der Waals surface area contributed by atoms with Gasteiger partial charge in [-0.2, -0.15) is 0 Å². The van der Waals surface area contributed by atoms with Crippen LogP contribution in [0.25, 0.3) is 0 Å². The van der Waals surface area contributed by atoms with Gasteiger partial charge in [0.2, 0.25) is 10.0 Å². The van der Waals surface area contributed by atoms with Crippen molar-refractivity contribution in [1.29, 1.82) is 0 Å². The van der Waals surface area contributed by atoms with E-state index in [9.17, 15) is 8.42 Å². The Hall–Kier alpha value is -2.39. The van der Waals surface area contributed by atoms with E-state index in [4.69, 9.17) is 0 Å². The Morgan fingerprint density at radius 3 is 2.54 bits per heavy atom. The third-order valence-electron chi connectivity index (χ3n) is 3.93. The molecule has 1 aromatic carbocycles. The molecule has 28 heavy (non-hydrogen) atoms. The first kappa shape index (κ1) is 21.9. The van der Waals surface area contributed by atoms with E-state index in [1.165, 1.54) is 17.9 Å². The van der Waals surface area contributed by atoms with Gasteiger partial charge in [-0.25, -0.2) is 18.1 Å². The van der Waals surface area contributed by atoms with Crippen LogP contribution in [0.4, 0.5) is 0 Å². The fourth-order valence-corrected chi connectivity index (χ4v) is 3.42. The Labute approximate surface area is 166 Å². The summed E-state index contributed by atoms with van der Waals surface area (Å²) in [5.41, 5.74) is 2.71. The molecule has 8 nitrogen and oxygen atoms in total. The van der Waals surface area contributed by atoms with Gasteiger partial charge in [0.05, 0.1) is 12.2 Å². The van der Waals surface area contributed by atoms with Gasteiger partial charge in [-0.05, 0) is 18.9 Å². The molecular weight excluding hydrogens is 378 g/mol. The van der Waals surface area contributed by atoms with Crippen LogP contribution in [0.15, 0.2) is 46.1 Å². The fraction of sp³-hybridized carbons (Fsp3) is 0.474. The summed E-state index contributed by atoms with van der Waals surface area (Å²) in [5.74, 6) is 0.469. The highest BCUT2D eigenvalue weighted by atomic mass is 32.2. The number of hydrogen-bond donors (Lipinski definition) is 3. The molecule has 0 radical (unpaired) electrons. The number of unbranched alkanes of at least 4 members (excludes halogenated alkanes) is 1. The van der Waals surface area contributed by atoms with Crippen LogP contribution in [0.3, 0.4) is 0 Å². The molecule has 1 heterocycles. The second kappa shape index (κ2) is 11.5. The van der Waals surface area contributed by atoms with Crippen molar-refractivity contribution in [2.24, 2.45) is 4.99 Å². The highest BCUT2D eigenvalue weighted by Gasteiger charge is 2.12. The Morgan fingerprint density at radius 1 is 1.11 bits per heavy atom. The van der Waals surface area contributed by atoms with Crippen LogP contribution in [0, 0.1) is 6.92 Å². The second-order valence-electron chi connectivity index (χ2n) is 6.50. The minimum atomic E-state index is -3.46. The Balaban J connectivity index is 1.82. The van der Waals surface area contributed by atoms with Gasteiger partial charge in [-0.1, -0.05) is 48.3 Å². The molecule has 0 amide bonds. The average molecular weight is 408 g/mol. The van der Waals surface area contributed by atoms with Gasteiger partial charge in [0, 0.05) is 25.7 Å². The maximum atomic E-state index is 12.0. The summed E-state index contributed by atoms with van der Waals surface area (Å²) in [6.07, 6.45) is 3.47. The van der Waals surface area contributed by atoms with Gasteiger partial charge in [-0.3, -0.25) is 0 Å². The molecule has 0 fully saturated rings. The first-order valence-corrected chi connectivity index (χ1v) is 11.1. The zero-order chi connectivity index (χ0) is 20.2. The highest BCUT2D eigenvalue weighted by molar-refractivity contribution is 7.88. The van der Waals surface area contributed by atoms with Crippen molar-refractivity contribution in [1.82, 2.24) is 20.5 Å². The standard InChI is InChI=1S/C19H29N5O3S/c1-3-4-10-20-19(22-14-17-7-5-16(2)6-8-17)21-11-12-23-28(25,26)15-18-9-13-27-24-18/h5-9,13,23H,3-4,10-12,14-15H2,1-2H3,(H2,20,21,22). The zero-order valence-corrected chi connectivity index (χ0v) is 17.3. The van der Waals surface area contributed by atoms with Crippen LogP contribution in [0.5, 0.6) is 0 Å². The van der Waals surface area contributed by atoms with E-state index in [0.29, 0.717) is 24.7 Å². The van der Waals surface area contributed by atoms with Crippen molar-refractivity contribution in [3.05, 3.63) is 53.4 Å². The van der Waals surface area contributed by atoms with Gasteiger partial charge >= 0.3 is 0 Å². The molecule has 1 aromatic heterocycles. The van der Waals surface area contributed by atoms with E-state index in [1.807, 2.05) is 0 Å². The number of guanidine groups is 1. The first-order chi connectivity index (χ1) is 13.5. The molecule has 0 unspecified atom stereocenters. The van der Waals surface area contributed by atoms with Crippen molar-refractivity contribution in [2.75, 3.05) is 19.6 Å². The molecule has 2 rings (SSSR count). The number of hydrogen-bond acceptors (Lipinski definition) is 5. The number of sulfonamides is 1. The number of aliphatic imine (C=N–C) groups is 1. The van der Waals surface area contributed by atoms with Crippen molar-refractivity contribution < 1.29 is 12.9 Å². The van der Waals surface area contributed by atoms with E-state index in [0.717, 1.165) is 24.9 Å². The van der Waals surface area contributed by atoms with Crippen LogP contribution in [-0.2, 0) is 22.3 Å². The van der Waals surface area contributed by atoms with Gasteiger partial charge in [0.15, 0.2) is 5.96 Å². The van der Waals surface area contributed by atoms with Crippen molar-refractivity contribution in [3.63, 3.8) is 0 Å². The summed E-state index contributed by atoms with van der Waals surface area (Å²) in [6, 6.07) is 9.77. The minimum Gasteiger partial charge on any atom is -0.364 e. The molecule has 154 valence electrons. The monoisotopic (exact) mass is 407 g/mol. The number of nitrogens with one attached hydrogen (secondary N) is 3. The molecule has 0 aliphatic carbocycles. The summed E-state index contributed by atoms with van der Waals surface area (Å²) in [7, 11) is -3.46. The second-order valence-corrected chi connectivity index (χ2v) is 8.31. The van der Waals surface area contributed by atoms with E-state index in [1.54, 1.807) is 0 Å². The molecule has 0 saturated heterocycles. The Kier molecular flexibility index (Phi) is 8.96. The van der Waals surface area contributed by atoms with E-state index in [2.05, 4.69) is 68.1 Å². The molecular formula is C19H29N5O3S. The lowest BCUT2D eigenvalue weighted by atomic mass is 10.1. The average Bonchev–Trinajstić information content (AvgIpc) is 3.16. The fourth-order valence-electron chi connectivity index (χ4n) is 2.37. The molecule has 9 heteroatoms. The summed E-state index contributed by atoms with van der Waals surface area (Å²) in [4.78, 5) is 4.59. The Morgan fingerprint density at radius 2 is 1.86 bits per heavy atom. The normalized spacial score (nSPS) is 12.1. The van der Waals surface area contributed by atoms with Gasteiger partial charge in [-0.15, -0.1) is 0 Å². The number of aromatic nitrogens is 1. The maximum Gasteiger partial charge on any atom is 0.217 e. The van der Waals surface area contributed by atoms with Crippen LogP contribution in [0.1, 0.15) is 36.6 Å². The molecule has 3 N–H and O–H groups in total. The smallest absolute Gasteiger partial charge is 0.217 e. The van der Waals surface area contributed by atoms with Crippen molar-refractivity contribution in [3.8, 4) is 0 Å². The van der Waals surface area contributed by atoms with Gasteiger partial charge < -0.3 is 15.2 Å². The molecule has 0 aliphatic heterocycles. The molecule has 0 aliphatic rings. The predicted octanol–water partition coefficient (Wildman–Crippen LogP) is 1.94. The number of nitrogens with zero attached hydrogens (tertiary/aromatic N) is 2. The van der Waals surface area contributed by atoms with E-state index >= 15 is 0 Å². The topological polar surface area (TPSA) is 109 Å². The van der Waals surface area contributed by atoms with E-state index < -0.39 is 10.0 Å². The summed E-state index contributed by atoms with van der Waals surface area (Å²) in [6.45, 7) is 6.22. The number of benzene rings is 1. The predicted molar refractivity (Wildman–Crippen MR) is 110 cm³/mol. The summed E-state index contributed by atoms with van der Waals surface area (Å²) < 4.78 is 31.3. The van der Waals surface area contributed by atoms with Crippen LogP contribution in [-0.4, -0.2) is 39.2 Å². The summed E-state index contributed by atoms with van der Waals surface area (Å²) in [5, 5.41) is 10.1. The lowest BCUT2D eigenvalue weighted by Gasteiger charge is -2.13. The minimum absolute atomic E-state index is 0.202. The quantitative estimate of drug-likeness (QED) is 0.298. The number of aryl methyl sites for hydroxylation is 1. The van der Waals surface area contributed by atoms with Gasteiger partial charge in [0.1, 0.15) is 12.0 Å². The van der Waals surface area contributed by atoms with Crippen LogP contribution >= 0.6 is 0 Å². The van der Waals surface area contributed by atoms with E-state index in [-0.39, 0.29) is 12.3 Å². The lowest BCUT2D eigenvalue weighted by Crippen LogP contribution is -2.42. The highest BCUT2D eigenvalue weighted by Crippen LogP contribution is 2.04. The van der Waals surface area contributed by atoms with Crippen LogP contribution in [0.2, 0.25) is 0 Å². The molecule has 0 spiro atoms. The summed E-state index contributed by atoms with van der Waals surface area (Å²) >= 11 is 0. The Bertz CT molecular complexity index is 818. The largest absolute Gasteiger partial charge is 0.364 e. The maximum absolute atomic E-state index is 12.0. The SMILES string of the molecule is CCCCNC(=NCc1ccc(C)cc1)NCCNS(=O)(=O)Cc1ccon1. The molecule has 0 bridgehead atoms. The molecule has 0 saturated carbocycles. The lowest BCUT2D eigenvalue weighted by molar-refractivity contribution is 0.413. The van der Waals surface area contributed by atoms with Crippen molar-refractivity contribution >= 4 is 16.0 Å². The first-order valence-electron chi connectivity index (χ1n) is 9.43.